The summed E-state index contributed by atoms with van der Waals surface area (Å²) in [7, 11) is 0. The van der Waals surface area contributed by atoms with Gasteiger partial charge in [0.05, 0.1) is 0 Å². The van der Waals surface area contributed by atoms with Crippen molar-refractivity contribution in [2.45, 2.75) is 25.7 Å². The number of aryl methyl sites for hydroxylation is 1. The molecule has 0 aromatic heterocycles. The monoisotopic (exact) mass is 250 g/mol. The van der Waals surface area contributed by atoms with Crippen LogP contribution in [0.15, 0.2) is 30.3 Å². The van der Waals surface area contributed by atoms with Crippen LogP contribution in [-0.4, -0.2) is 23.1 Å². The molecule has 0 amide bonds. The van der Waals surface area contributed by atoms with Gasteiger partial charge in [0.15, 0.2) is 0 Å². The number of rotatable bonds is 4. The van der Waals surface area contributed by atoms with E-state index in [2.05, 4.69) is 37.3 Å². The zero-order chi connectivity index (χ0) is 7.94. The molecular weight excluding hydrogens is 236 g/mol. The maximum absolute atomic E-state index is 3.82. The van der Waals surface area contributed by atoms with Gasteiger partial charge in [-0.1, -0.05) is 43.2 Å². The molecule has 13 heavy (non-hydrogen) atoms. The summed E-state index contributed by atoms with van der Waals surface area (Å²) in [6.07, 6.45) is 4.78. The Kier molecular flexibility index (Phi) is 12.9. The van der Waals surface area contributed by atoms with Crippen LogP contribution >= 0.6 is 0 Å². The molecule has 0 saturated carbocycles. The first-order valence-electron chi connectivity index (χ1n) is 4.26. The van der Waals surface area contributed by atoms with Gasteiger partial charge >= 0.3 is 23.1 Å². The molecule has 0 N–H and O–H groups in total. The van der Waals surface area contributed by atoms with E-state index < -0.39 is 0 Å². The van der Waals surface area contributed by atoms with E-state index in [9.17, 15) is 0 Å². The Labute approximate surface area is 108 Å². The largest absolute Gasteiger partial charge is 2.00 e. The van der Waals surface area contributed by atoms with E-state index in [-0.39, 0.29) is 40.0 Å². The Morgan fingerprint density at radius 2 is 1.62 bits per heavy atom. The van der Waals surface area contributed by atoms with E-state index in [0.717, 1.165) is 6.42 Å². The molecule has 0 fully saturated rings. The molecule has 0 heterocycles. The fourth-order valence-corrected chi connectivity index (χ4v) is 1.15. The molecule has 0 unspecified atom stereocenters. The fourth-order valence-electron chi connectivity index (χ4n) is 1.15. The molecule has 1 aromatic rings. The first-order valence-corrected chi connectivity index (χ1v) is 4.26. The van der Waals surface area contributed by atoms with Gasteiger partial charge in [-0.25, -0.2) is 0 Å². The molecule has 68 valence electrons. The summed E-state index contributed by atoms with van der Waals surface area (Å²) in [6, 6.07) is 10.6. The van der Waals surface area contributed by atoms with Crippen LogP contribution in [0.25, 0.3) is 0 Å². The second kappa shape index (κ2) is 10.5. The number of benzene rings is 1. The summed E-state index contributed by atoms with van der Waals surface area (Å²) in [6.45, 7) is 3.82. The standard InChI is InChI=1S/C11H15.BrH.Mg/c1-2-3-5-8-11-9-6-4-7-10-11;;/h4,6-7,9-10H,1-3,5,8H2;1H;/q-1;;+2/p-1. The number of hydrogen-bond acceptors (Lipinski definition) is 0. The van der Waals surface area contributed by atoms with Crippen molar-refractivity contribution in [3.63, 3.8) is 0 Å². The fraction of sp³-hybridized carbons (Fsp3) is 0.364. The number of halogens is 1. The third-order valence-electron chi connectivity index (χ3n) is 1.81. The minimum Gasteiger partial charge on any atom is -1.00 e. The van der Waals surface area contributed by atoms with Gasteiger partial charge in [0, 0.05) is 0 Å². The Morgan fingerprint density at radius 3 is 2.15 bits per heavy atom. The quantitative estimate of drug-likeness (QED) is 0.397. The van der Waals surface area contributed by atoms with Crippen molar-refractivity contribution >= 4 is 23.1 Å². The van der Waals surface area contributed by atoms with Gasteiger partial charge in [-0.2, -0.15) is 6.42 Å². The Bertz CT molecular complexity index is 187. The Balaban J connectivity index is 0. The number of hydrogen-bond donors (Lipinski definition) is 0. The van der Waals surface area contributed by atoms with Crippen LogP contribution in [0.4, 0.5) is 0 Å². The molecule has 2 heteroatoms. The summed E-state index contributed by atoms with van der Waals surface area (Å²) in [5.74, 6) is 0. The van der Waals surface area contributed by atoms with E-state index >= 15 is 0 Å². The van der Waals surface area contributed by atoms with Crippen molar-refractivity contribution in [3.05, 3.63) is 42.8 Å². The van der Waals surface area contributed by atoms with Crippen LogP contribution in [0.3, 0.4) is 0 Å². The van der Waals surface area contributed by atoms with Crippen molar-refractivity contribution in [2.24, 2.45) is 0 Å². The Morgan fingerprint density at radius 1 is 1.00 bits per heavy atom. The maximum atomic E-state index is 3.82. The SMILES string of the molecule is [Br-].[CH2-]CCCCc1ccccc1.[Mg+2]. The molecule has 0 aliphatic carbocycles. The normalized spacial score (nSPS) is 8.38. The summed E-state index contributed by atoms with van der Waals surface area (Å²) in [5.41, 5.74) is 1.45. The van der Waals surface area contributed by atoms with E-state index in [4.69, 9.17) is 0 Å². The molecule has 0 aliphatic heterocycles. The van der Waals surface area contributed by atoms with Crippen LogP contribution < -0.4 is 17.0 Å². The predicted octanol–water partition coefficient (Wildman–Crippen LogP) is -0.143. The van der Waals surface area contributed by atoms with Gasteiger partial charge in [0.25, 0.3) is 0 Å². The zero-order valence-corrected chi connectivity index (χ0v) is 11.0. The minimum atomic E-state index is 0. The second-order valence-electron chi connectivity index (χ2n) is 2.80. The third kappa shape index (κ3) is 7.53. The van der Waals surface area contributed by atoms with Gasteiger partial charge in [-0.05, 0) is 12.0 Å². The third-order valence-corrected chi connectivity index (χ3v) is 1.81. The van der Waals surface area contributed by atoms with Gasteiger partial charge in [0.1, 0.15) is 0 Å². The average Bonchev–Trinajstić information content (AvgIpc) is 2.07. The summed E-state index contributed by atoms with van der Waals surface area (Å²) >= 11 is 0. The summed E-state index contributed by atoms with van der Waals surface area (Å²) in [4.78, 5) is 0. The van der Waals surface area contributed by atoms with Crippen molar-refractivity contribution in [1.82, 2.24) is 0 Å². The minimum absolute atomic E-state index is 0. The van der Waals surface area contributed by atoms with E-state index in [0.29, 0.717) is 0 Å². The summed E-state index contributed by atoms with van der Waals surface area (Å²) < 4.78 is 0. The van der Waals surface area contributed by atoms with Crippen LogP contribution in [0.2, 0.25) is 0 Å². The number of unbranched alkanes of at least 4 members (excludes halogenated alkanes) is 2. The van der Waals surface area contributed by atoms with Crippen molar-refractivity contribution < 1.29 is 17.0 Å². The first kappa shape index (κ1) is 15.9. The first-order chi connectivity index (χ1) is 5.43. The topological polar surface area (TPSA) is 0 Å². The van der Waals surface area contributed by atoms with E-state index in [1.165, 1.54) is 24.8 Å². The predicted molar refractivity (Wildman–Crippen MR) is 55.1 cm³/mol. The van der Waals surface area contributed by atoms with E-state index in [1.54, 1.807) is 0 Å². The van der Waals surface area contributed by atoms with Gasteiger partial charge in [-0.3, -0.25) is 0 Å². The molecule has 0 nitrogen and oxygen atoms in total. The molecule has 0 saturated heterocycles. The molecule has 0 bridgehead atoms. The van der Waals surface area contributed by atoms with Gasteiger partial charge in [-0.15, -0.1) is 0 Å². The van der Waals surface area contributed by atoms with E-state index in [1.807, 2.05) is 0 Å². The average molecular weight is 251 g/mol. The van der Waals surface area contributed by atoms with Crippen LogP contribution in [0.1, 0.15) is 24.8 Å². The van der Waals surface area contributed by atoms with Gasteiger partial charge < -0.3 is 23.9 Å². The van der Waals surface area contributed by atoms with Crippen molar-refractivity contribution in [3.8, 4) is 0 Å². The second-order valence-corrected chi connectivity index (χ2v) is 2.80. The van der Waals surface area contributed by atoms with Crippen molar-refractivity contribution in [2.75, 3.05) is 0 Å². The smallest absolute Gasteiger partial charge is 1.00 e. The van der Waals surface area contributed by atoms with Crippen molar-refractivity contribution in [1.29, 1.82) is 0 Å². The molecule has 0 aliphatic rings. The molecule has 1 rings (SSSR count). The molecule has 1 aromatic carbocycles. The Hall–Kier alpha value is 0.466. The molecule has 0 atom stereocenters. The van der Waals surface area contributed by atoms with Crippen LogP contribution in [0, 0.1) is 6.92 Å². The molecule has 0 radical (unpaired) electrons. The van der Waals surface area contributed by atoms with Crippen LogP contribution in [0.5, 0.6) is 0 Å². The zero-order valence-electron chi connectivity index (χ0n) is 8.01. The summed E-state index contributed by atoms with van der Waals surface area (Å²) in [5, 5.41) is 0. The maximum Gasteiger partial charge on any atom is 2.00 e. The van der Waals surface area contributed by atoms with Gasteiger partial charge in [0.2, 0.25) is 0 Å². The molecular formula is C11H15BrMg. The van der Waals surface area contributed by atoms with Crippen LogP contribution in [-0.2, 0) is 6.42 Å². The molecule has 0 spiro atoms.